The molecule has 0 atom stereocenters. The van der Waals surface area contributed by atoms with Gasteiger partial charge in [0.1, 0.15) is 0 Å². The van der Waals surface area contributed by atoms with Crippen LogP contribution < -0.4 is 0 Å². The quantitative estimate of drug-likeness (QED) is 0.427. The van der Waals surface area contributed by atoms with Crippen molar-refractivity contribution < 1.29 is 3.07 Å². The van der Waals surface area contributed by atoms with E-state index in [1.54, 1.807) is 0 Å². The van der Waals surface area contributed by atoms with E-state index in [4.69, 9.17) is 3.07 Å². The summed E-state index contributed by atoms with van der Waals surface area (Å²) in [6.07, 6.45) is 4.05. The number of rotatable bonds is 5. The van der Waals surface area contributed by atoms with Crippen LogP contribution in [0.3, 0.4) is 0 Å². The molecule has 2 fully saturated rings. The Hall–Kier alpha value is 0.610. The van der Waals surface area contributed by atoms with Gasteiger partial charge >= 0.3 is 114 Å². The van der Waals surface area contributed by atoms with Crippen LogP contribution in [0.15, 0.2) is 0 Å². The van der Waals surface area contributed by atoms with Crippen molar-refractivity contribution in [3.63, 3.8) is 0 Å². The second kappa shape index (κ2) is 6.17. The molecule has 102 valence electrons. The van der Waals surface area contributed by atoms with Gasteiger partial charge in [0.15, 0.2) is 0 Å². The van der Waals surface area contributed by atoms with E-state index in [2.05, 4.69) is 26.7 Å². The minimum absolute atomic E-state index is 0.702. The molecule has 3 nitrogen and oxygen atoms in total. The molecule has 2 heterocycles. The molecule has 0 aliphatic carbocycles. The van der Waals surface area contributed by atoms with E-state index in [0.29, 0.717) is 5.41 Å². The number of hydrogen-bond acceptors (Lipinski definition) is 3. The Kier molecular flexibility index (Phi) is 5.09. The van der Waals surface area contributed by atoms with Gasteiger partial charge in [-0.1, -0.05) is 0 Å². The Bertz CT molecular complexity index is 232. The number of alkyl halides is 2. The zero-order valence-electron chi connectivity index (χ0n) is 11.5. The van der Waals surface area contributed by atoms with Gasteiger partial charge in [0.25, 0.3) is 0 Å². The van der Waals surface area contributed by atoms with Gasteiger partial charge in [0, 0.05) is 0 Å². The van der Waals surface area contributed by atoms with Gasteiger partial charge in [-0.2, -0.15) is 0 Å². The normalized spacial score (nSPS) is 25.9. The van der Waals surface area contributed by atoms with Crippen molar-refractivity contribution in [1.82, 2.24) is 9.80 Å². The van der Waals surface area contributed by atoms with Crippen molar-refractivity contribution in [2.45, 2.75) is 19.3 Å². The van der Waals surface area contributed by atoms with E-state index in [1.165, 1.54) is 52.0 Å². The zero-order chi connectivity index (χ0) is 12.3. The maximum absolute atomic E-state index is 5.74. The molecule has 0 aromatic heterocycles. The van der Waals surface area contributed by atoms with E-state index >= 15 is 0 Å². The second-order valence-electron chi connectivity index (χ2n) is 5.87. The SMILES string of the molecule is CN1CC2(CCN(CCCOI(C)C)CC2)C1. The number of hydrogen-bond donors (Lipinski definition) is 0. The molecule has 17 heavy (non-hydrogen) atoms. The van der Waals surface area contributed by atoms with Crippen LogP contribution >= 0.6 is 20.2 Å². The van der Waals surface area contributed by atoms with E-state index in [1.807, 2.05) is 0 Å². The van der Waals surface area contributed by atoms with Crippen LogP contribution in [0, 0.1) is 5.41 Å². The van der Waals surface area contributed by atoms with Crippen LogP contribution in [-0.4, -0.2) is 66.0 Å². The molecular weight excluding hydrogens is 327 g/mol. The van der Waals surface area contributed by atoms with E-state index in [0.717, 1.165) is 6.61 Å². The Balaban J connectivity index is 1.56. The summed E-state index contributed by atoms with van der Waals surface area (Å²) in [5.41, 5.74) is 0.702. The maximum atomic E-state index is 5.74. The molecule has 0 saturated carbocycles. The predicted molar refractivity (Wildman–Crippen MR) is 82.0 cm³/mol. The number of halogens is 1. The molecule has 0 amide bonds. The second-order valence-corrected chi connectivity index (χ2v) is 10.4. The van der Waals surface area contributed by atoms with Crippen molar-refractivity contribution >= 4 is 20.2 Å². The average Bonchev–Trinajstić information content (AvgIpc) is 2.25. The van der Waals surface area contributed by atoms with Crippen molar-refractivity contribution in [2.24, 2.45) is 5.41 Å². The number of piperidine rings is 1. The molecule has 2 aliphatic rings. The first-order chi connectivity index (χ1) is 8.10. The number of likely N-dealkylation sites (tertiary alicyclic amines) is 2. The molecule has 0 aromatic carbocycles. The van der Waals surface area contributed by atoms with Gasteiger partial charge in [-0.3, -0.25) is 0 Å². The molecule has 0 bridgehead atoms. The fourth-order valence-electron chi connectivity index (χ4n) is 3.16. The van der Waals surface area contributed by atoms with Gasteiger partial charge < -0.3 is 0 Å². The molecule has 4 heteroatoms. The summed E-state index contributed by atoms with van der Waals surface area (Å²) in [5.74, 6) is 0. The fourth-order valence-corrected chi connectivity index (χ4v) is 4.36. The molecule has 2 aliphatic heterocycles. The summed E-state index contributed by atoms with van der Waals surface area (Å²) in [5, 5.41) is 0. The van der Waals surface area contributed by atoms with Crippen LogP contribution in [0.1, 0.15) is 19.3 Å². The van der Waals surface area contributed by atoms with Gasteiger partial charge in [0.2, 0.25) is 0 Å². The molecule has 0 aromatic rings. The fraction of sp³-hybridized carbons (Fsp3) is 1.00. The molecule has 0 radical (unpaired) electrons. The van der Waals surface area contributed by atoms with Gasteiger partial charge in [0.05, 0.1) is 0 Å². The monoisotopic (exact) mass is 354 g/mol. The van der Waals surface area contributed by atoms with Gasteiger partial charge in [-0.15, -0.1) is 0 Å². The van der Waals surface area contributed by atoms with Crippen LogP contribution in [0.2, 0.25) is 0 Å². The third-order valence-corrected chi connectivity index (χ3v) is 5.73. The molecule has 0 unspecified atom stereocenters. The standard InChI is InChI=1S/C13H27IN2O/c1-14(2)17-10-4-7-16-8-5-13(6-9-16)11-15(3)12-13/h4-12H2,1-3H3. The van der Waals surface area contributed by atoms with E-state index in [9.17, 15) is 0 Å². The minimum atomic E-state index is -0.943. The van der Waals surface area contributed by atoms with Gasteiger partial charge in [-0.25, -0.2) is 0 Å². The van der Waals surface area contributed by atoms with Crippen LogP contribution in [0.25, 0.3) is 0 Å². The van der Waals surface area contributed by atoms with Gasteiger partial charge in [-0.05, 0) is 0 Å². The topological polar surface area (TPSA) is 15.7 Å². The Morgan fingerprint density at radius 3 is 2.35 bits per heavy atom. The average molecular weight is 354 g/mol. The van der Waals surface area contributed by atoms with Crippen LogP contribution in [0.5, 0.6) is 0 Å². The molecule has 2 saturated heterocycles. The third kappa shape index (κ3) is 4.04. The van der Waals surface area contributed by atoms with Crippen molar-refractivity contribution in [3.8, 4) is 0 Å². The summed E-state index contributed by atoms with van der Waals surface area (Å²) in [6, 6.07) is 0. The van der Waals surface area contributed by atoms with E-state index < -0.39 is 20.2 Å². The van der Waals surface area contributed by atoms with Crippen molar-refractivity contribution in [2.75, 3.05) is 56.2 Å². The Morgan fingerprint density at radius 2 is 1.82 bits per heavy atom. The molecule has 2 rings (SSSR count). The predicted octanol–water partition coefficient (Wildman–Crippen LogP) is 2.10. The summed E-state index contributed by atoms with van der Waals surface area (Å²) in [6.45, 7) is 7.54. The summed E-state index contributed by atoms with van der Waals surface area (Å²) in [7, 11) is 2.24. The summed E-state index contributed by atoms with van der Waals surface area (Å²) in [4.78, 5) is 9.62. The van der Waals surface area contributed by atoms with Crippen molar-refractivity contribution in [1.29, 1.82) is 0 Å². The van der Waals surface area contributed by atoms with E-state index in [-0.39, 0.29) is 0 Å². The molecule has 0 N–H and O–H groups in total. The number of nitrogens with zero attached hydrogens (tertiary/aromatic N) is 2. The van der Waals surface area contributed by atoms with Crippen LogP contribution in [0.4, 0.5) is 0 Å². The molecular formula is C13H27IN2O. The van der Waals surface area contributed by atoms with Crippen LogP contribution in [-0.2, 0) is 3.07 Å². The third-order valence-electron chi connectivity index (χ3n) is 4.04. The Morgan fingerprint density at radius 1 is 1.18 bits per heavy atom. The first kappa shape index (κ1) is 14.0. The summed E-state index contributed by atoms with van der Waals surface area (Å²) < 4.78 is 5.74. The van der Waals surface area contributed by atoms with Crippen molar-refractivity contribution in [3.05, 3.63) is 0 Å². The first-order valence-corrected chi connectivity index (χ1v) is 11.8. The molecule has 1 spiro atoms. The first-order valence-electron chi connectivity index (χ1n) is 6.64. The summed E-state index contributed by atoms with van der Waals surface area (Å²) >= 11 is -0.943. The zero-order valence-corrected chi connectivity index (χ0v) is 13.7. The Labute approximate surface area is 114 Å².